The third-order valence-corrected chi connectivity index (χ3v) is 4.87. The molecule has 0 aliphatic carbocycles. The van der Waals surface area contributed by atoms with E-state index in [4.69, 9.17) is 23.2 Å². The Hall–Kier alpha value is -0.970. The van der Waals surface area contributed by atoms with Crippen molar-refractivity contribution in [3.05, 3.63) is 28.2 Å². The number of rotatable bonds is 1. The SMILES string of the molecule is O=C(Nc1ccc(Cl)c(Cl)c1)N1CC2CCNCC2C1. The highest BCUT2D eigenvalue weighted by atomic mass is 35.5. The topological polar surface area (TPSA) is 44.4 Å². The summed E-state index contributed by atoms with van der Waals surface area (Å²) < 4.78 is 0. The Morgan fingerprint density at radius 1 is 1.25 bits per heavy atom. The number of carbonyl (C=O) groups excluding carboxylic acids is 1. The van der Waals surface area contributed by atoms with Gasteiger partial charge in [0.25, 0.3) is 0 Å². The Kier molecular flexibility index (Phi) is 4.06. The number of halogens is 2. The van der Waals surface area contributed by atoms with Gasteiger partial charge in [0.1, 0.15) is 0 Å². The lowest BCUT2D eigenvalue weighted by molar-refractivity contribution is 0.220. The molecule has 4 nitrogen and oxygen atoms in total. The first-order valence-electron chi connectivity index (χ1n) is 6.85. The van der Waals surface area contributed by atoms with Crippen LogP contribution in [0, 0.1) is 11.8 Å². The minimum Gasteiger partial charge on any atom is -0.324 e. The average Bonchev–Trinajstić information content (AvgIpc) is 2.87. The summed E-state index contributed by atoms with van der Waals surface area (Å²) in [5.74, 6) is 1.22. The van der Waals surface area contributed by atoms with Crippen LogP contribution in [-0.4, -0.2) is 37.1 Å². The second-order valence-corrected chi connectivity index (χ2v) is 6.29. The van der Waals surface area contributed by atoms with E-state index in [-0.39, 0.29) is 6.03 Å². The molecule has 2 aliphatic rings. The summed E-state index contributed by atoms with van der Waals surface area (Å²) in [6.45, 7) is 3.75. The molecule has 0 spiro atoms. The van der Waals surface area contributed by atoms with Crippen molar-refractivity contribution in [1.82, 2.24) is 10.2 Å². The standard InChI is InChI=1S/C14H17Cl2N3O/c15-12-2-1-11(5-13(12)16)18-14(20)19-7-9-3-4-17-6-10(9)8-19/h1-2,5,9-10,17H,3-4,6-8H2,(H,18,20). The van der Waals surface area contributed by atoms with Crippen molar-refractivity contribution in [2.45, 2.75) is 6.42 Å². The quantitative estimate of drug-likeness (QED) is 0.837. The molecule has 0 aromatic heterocycles. The Bertz CT molecular complexity index is 509. The van der Waals surface area contributed by atoms with Crippen molar-refractivity contribution in [2.75, 3.05) is 31.5 Å². The summed E-state index contributed by atoms with van der Waals surface area (Å²) in [7, 11) is 0. The molecular formula is C14H17Cl2N3O. The molecule has 2 heterocycles. The molecule has 2 saturated heterocycles. The van der Waals surface area contributed by atoms with E-state index in [0.717, 1.165) is 32.6 Å². The molecule has 2 aliphatic heterocycles. The molecule has 2 amide bonds. The van der Waals surface area contributed by atoms with E-state index in [1.54, 1.807) is 18.2 Å². The van der Waals surface area contributed by atoms with Gasteiger partial charge in [-0.15, -0.1) is 0 Å². The second kappa shape index (κ2) is 5.80. The third-order valence-electron chi connectivity index (χ3n) is 4.13. The Balaban J connectivity index is 1.63. The molecule has 2 N–H and O–H groups in total. The van der Waals surface area contributed by atoms with Gasteiger partial charge in [0, 0.05) is 18.8 Å². The van der Waals surface area contributed by atoms with Crippen LogP contribution in [0.3, 0.4) is 0 Å². The summed E-state index contributed by atoms with van der Waals surface area (Å²) in [6.07, 6.45) is 1.15. The number of hydrogen-bond donors (Lipinski definition) is 2. The molecular weight excluding hydrogens is 297 g/mol. The van der Waals surface area contributed by atoms with Crippen LogP contribution in [-0.2, 0) is 0 Å². The predicted molar refractivity (Wildman–Crippen MR) is 81.5 cm³/mol. The summed E-state index contributed by atoms with van der Waals surface area (Å²) in [6, 6.07) is 5.06. The number of likely N-dealkylation sites (tertiary alicyclic amines) is 1. The minimum absolute atomic E-state index is 0.0576. The molecule has 0 radical (unpaired) electrons. The molecule has 2 unspecified atom stereocenters. The van der Waals surface area contributed by atoms with Crippen LogP contribution in [0.1, 0.15) is 6.42 Å². The van der Waals surface area contributed by atoms with Crippen LogP contribution in [0.25, 0.3) is 0 Å². The molecule has 2 fully saturated rings. The zero-order valence-electron chi connectivity index (χ0n) is 11.0. The van der Waals surface area contributed by atoms with E-state index in [1.165, 1.54) is 0 Å². The molecule has 1 aromatic rings. The van der Waals surface area contributed by atoms with Crippen LogP contribution < -0.4 is 10.6 Å². The molecule has 3 rings (SSSR count). The lowest BCUT2D eigenvalue weighted by Crippen LogP contribution is -2.35. The van der Waals surface area contributed by atoms with Gasteiger partial charge in [-0.1, -0.05) is 23.2 Å². The van der Waals surface area contributed by atoms with Gasteiger partial charge in [0.2, 0.25) is 0 Å². The lowest BCUT2D eigenvalue weighted by Gasteiger charge is -2.23. The number of piperidine rings is 1. The summed E-state index contributed by atoms with van der Waals surface area (Å²) in [4.78, 5) is 14.2. The summed E-state index contributed by atoms with van der Waals surface area (Å²) in [5, 5.41) is 7.21. The fourth-order valence-electron chi connectivity index (χ4n) is 3.01. The molecule has 108 valence electrons. The molecule has 0 saturated carbocycles. The number of benzene rings is 1. The van der Waals surface area contributed by atoms with Crippen molar-refractivity contribution in [2.24, 2.45) is 11.8 Å². The first kappa shape index (κ1) is 14.0. The maximum Gasteiger partial charge on any atom is 0.321 e. The lowest BCUT2D eigenvalue weighted by atomic mass is 9.90. The maximum absolute atomic E-state index is 12.3. The summed E-state index contributed by atoms with van der Waals surface area (Å²) in [5.41, 5.74) is 0.678. The van der Waals surface area contributed by atoms with Crippen molar-refractivity contribution >= 4 is 34.9 Å². The van der Waals surface area contributed by atoms with Crippen LogP contribution >= 0.6 is 23.2 Å². The predicted octanol–water partition coefficient (Wildman–Crippen LogP) is 3.07. The van der Waals surface area contributed by atoms with Gasteiger partial charge in [0.05, 0.1) is 10.0 Å². The average molecular weight is 314 g/mol. The van der Waals surface area contributed by atoms with Gasteiger partial charge >= 0.3 is 6.03 Å². The zero-order valence-corrected chi connectivity index (χ0v) is 12.5. The smallest absolute Gasteiger partial charge is 0.321 e. The molecule has 2 atom stereocenters. The number of carbonyl (C=O) groups is 1. The van der Waals surface area contributed by atoms with Crippen LogP contribution in [0.5, 0.6) is 0 Å². The van der Waals surface area contributed by atoms with Crippen LogP contribution in [0.4, 0.5) is 10.5 Å². The van der Waals surface area contributed by atoms with Gasteiger partial charge in [-0.25, -0.2) is 4.79 Å². The number of anilines is 1. The van der Waals surface area contributed by atoms with Crippen molar-refractivity contribution in [3.63, 3.8) is 0 Å². The normalized spacial score (nSPS) is 25.4. The Labute approximate surface area is 128 Å². The van der Waals surface area contributed by atoms with Crippen LogP contribution in [0.2, 0.25) is 10.0 Å². The molecule has 1 aromatic carbocycles. The second-order valence-electron chi connectivity index (χ2n) is 5.48. The largest absolute Gasteiger partial charge is 0.324 e. The maximum atomic E-state index is 12.3. The highest BCUT2D eigenvalue weighted by molar-refractivity contribution is 6.42. The van der Waals surface area contributed by atoms with E-state index < -0.39 is 0 Å². The van der Waals surface area contributed by atoms with Gasteiger partial charge in [-0.05, 0) is 49.5 Å². The van der Waals surface area contributed by atoms with Gasteiger partial charge in [-0.2, -0.15) is 0 Å². The Morgan fingerprint density at radius 3 is 2.80 bits per heavy atom. The molecule has 0 bridgehead atoms. The fourth-order valence-corrected chi connectivity index (χ4v) is 3.31. The molecule has 20 heavy (non-hydrogen) atoms. The van der Waals surface area contributed by atoms with E-state index in [1.807, 2.05) is 4.90 Å². The third kappa shape index (κ3) is 2.87. The van der Waals surface area contributed by atoms with Crippen LogP contribution in [0.15, 0.2) is 18.2 Å². The number of urea groups is 1. The minimum atomic E-state index is -0.0576. The Morgan fingerprint density at radius 2 is 2.05 bits per heavy atom. The van der Waals surface area contributed by atoms with Crippen molar-refractivity contribution in [1.29, 1.82) is 0 Å². The van der Waals surface area contributed by atoms with E-state index >= 15 is 0 Å². The van der Waals surface area contributed by atoms with Crippen molar-refractivity contribution in [3.8, 4) is 0 Å². The first-order chi connectivity index (χ1) is 9.63. The fraction of sp³-hybridized carbons (Fsp3) is 0.500. The zero-order chi connectivity index (χ0) is 14.1. The summed E-state index contributed by atoms with van der Waals surface area (Å²) >= 11 is 11.8. The number of fused-ring (bicyclic) bond motifs is 1. The number of nitrogens with one attached hydrogen (secondary N) is 2. The van der Waals surface area contributed by atoms with E-state index in [0.29, 0.717) is 27.6 Å². The van der Waals surface area contributed by atoms with E-state index in [9.17, 15) is 4.79 Å². The highest BCUT2D eigenvalue weighted by Gasteiger charge is 2.36. The monoisotopic (exact) mass is 313 g/mol. The first-order valence-corrected chi connectivity index (χ1v) is 7.61. The van der Waals surface area contributed by atoms with Gasteiger partial charge in [0.15, 0.2) is 0 Å². The van der Waals surface area contributed by atoms with E-state index in [2.05, 4.69) is 10.6 Å². The number of nitrogens with zero attached hydrogens (tertiary/aromatic N) is 1. The van der Waals surface area contributed by atoms with Gasteiger partial charge in [-0.3, -0.25) is 0 Å². The number of amides is 2. The highest BCUT2D eigenvalue weighted by Crippen LogP contribution is 2.29. The van der Waals surface area contributed by atoms with Crippen molar-refractivity contribution < 1.29 is 4.79 Å². The van der Waals surface area contributed by atoms with Gasteiger partial charge < -0.3 is 15.5 Å². The number of hydrogen-bond acceptors (Lipinski definition) is 2. The molecule has 6 heteroatoms.